The van der Waals surface area contributed by atoms with E-state index in [1.165, 1.54) is 31.7 Å². The molecule has 2 heterocycles. The Morgan fingerprint density at radius 1 is 1.02 bits per heavy atom. The van der Waals surface area contributed by atoms with E-state index < -0.39 is 33.5 Å². The molecule has 4 rings (SSSR count). The Hall–Kier alpha value is -5.04. The normalized spacial score (nSPS) is 12.1. The Bertz CT molecular complexity index is 1760. The molecule has 3 amide bonds. The number of carbonyl (C=O) groups excluding carboxylic acids is 3. The molecule has 2 aromatic heterocycles. The Morgan fingerprint density at radius 2 is 1.79 bits per heavy atom. The van der Waals surface area contributed by atoms with Gasteiger partial charge in [-0.1, -0.05) is 6.07 Å². The van der Waals surface area contributed by atoms with Crippen molar-refractivity contribution in [3.63, 3.8) is 0 Å². The Labute approximate surface area is 248 Å². The number of aromatic amines is 1. The molecule has 43 heavy (non-hydrogen) atoms. The largest absolute Gasteiger partial charge is 0.469 e. The molecule has 0 radical (unpaired) electrons. The van der Waals surface area contributed by atoms with Gasteiger partial charge in [-0.3, -0.25) is 14.6 Å². The number of ether oxygens (including phenoxy) is 2. The topological polar surface area (TPSA) is 152 Å². The summed E-state index contributed by atoms with van der Waals surface area (Å²) in [5, 5.41) is 5.13. The molecule has 2 aromatic carbocycles. The molecule has 0 aliphatic carbocycles. The maximum atomic E-state index is 13.9. The number of anilines is 2. The lowest BCUT2D eigenvalue weighted by Gasteiger charge is -2.10. The number of rotatable bonds is 10. The first-order valence-corrected chi connectivity index (χ1v) is 15.2. The maximum absolute atomic E-state index is 13.9. The second kappa shape index (κ2) is 13.7. The van der Waals surface area contributed by atoms with Gasteiger partial charge in [0.2, 0.25) is 0 Å². The number of carbonyl (C=O) groups is 3. The van der Waals surface area contributed by atoms with Crippen LogP contribution in [0.25, 0.3) is 11.4 Å². The lowest BCUT2D eigenvalue weighted by atomic mass is 10.2. The fourth-order valence-electron chi connectivity index (χ4n) is 3.91. The van der Waals surface area contributed by atoms with E-state index in [0.717, 1.165) is 5.56 Å². The molecule has 11 nitrogen and oxygen atoms in total. The fraction of sp³-hybridized carbons (Fsp3) is 0.200. The van der Waals surface area contributed by atoms with Crippen molar-refractivity contribution in [2.75, 3.05) is 29.8 Å². The minimum absolute atomic E-state index is 0.0799. The van der Waals surface area contributed by atoms with E-state index in [1.54, 1.807) is 61.7 Å². The van der Waals surface area contributed by atoms with Crippen LogP contribution in [0, 0.1) is 12.7 Å². The van der Waals surface area contributed by atoms with Crippen LogP contribution in [0.4, 0.5) is 20.6 Å². The van der Waals surface area contributed by atoms with Gasteiger partial charge in [0.05, 0.1) is 39.5 Å². The standard InChI is InChI=1S/C30H30FN5O6S/c1-19-6-11-24(31)25(15-19)35-30(39)34-21-7-9-22(10-8-21)42-23-12-13-32-27(17-23)26-16-20(18-33-26)29(38)36-43(3,40)14-4-5-28(37)41-2/h6-13,15-18,33H,4-5,14H2,1-3H3,(H2,34,35,39). The Kier molecular flexibility index (Phi) is 9.88. The van der Waals surface area contributed by atoms with Crippen molar-refractivity contribution in [3.8, 4) is 22.9 Å². The molecule has 4 aromatic rings. The number of nitrogens with zero attached hydrogens (tertiary/aromatic N) is 2. The smallest absolute Gasteiger partial charge is 0.323 e. The molecule has 0 saturated carbocycles. The van der Waals surface area contributed by atoms with E-state index in [2.05, 4.69) is 29.7 Å². The zero-order valence-corrected chi connectivity index (χ0v) is 24.5. The fourth-order valence-corrected chi connectivity index (χ4v) is 5.14. The van der Waals surface area contributed by atoms with Crippen molar-refractivity contribution in [2.24, 2.45) is 4.36 Å². The third-order valence-corrected chi connectivity index (χ3v) is 7.66. The summed E-state index contributed by atoms with van der Waals surface area (Å²) in [5.41, 5.74) is 2.59. The zero-order chi connectivity index (χ0) is 31.0. The van der Waals surface area contributed by atoms with Crippen molar-refractivity contribution in [2.45, 2.75) is 19.8 Å². The number of halogens is 1. The first-order chi connectivity index (χ1) is 20.5. The summed E-state index contributed by atoms with van der Waals surface area (Å²) in [6.45, 7) is 1.80. The number of H-pyrrole nitrogens is 1. The summed E-state index contributed by atoms with van der Waals surface area (Å²) in [6, 6.07) is 15.3. The van der Waals surface area contributed by atoms with Gasteiger partial charge in [-0.05, 0) is 67.4 Å². The second-order valence-electron chi connectivity index (χ2n) is 9.61. The molecule has 3 N–H and O–H groups in total. The van der Waals surface area contributed by atoms with E-state index in [4.69, 9.17) is 4.74 Å². The minimum Gasteiger partial charge on any atom is -0.469 e. The minimum atomic E-state index is -2.83. The van der Waals surface area contributed by atoms with Crippen molar-refractivity contribution >= 4 is 39.0 Å². The number of pyridine rings is 1. The average Bonchev–Trinajstić information content (AvgIpc) is 3.47. The van der Waals surface area contributed by atoms with Crippen LogP contribution < -0.4 is 15.4 Å². The summed E-state index contributed by atoms with van der Waals surface area (Å²) in [6.07, 6.45) is 4.76. The summed E-state index contributed by atoms with van der Waals surface area (Å²) < 4.78 is 41.0. The van der Waals surface area contributed by atoms with Gasteiger partial charge in [0.1, 0.15) is 17.3 Å². The van der Waals surface area contributed by atoms with Gasteiger partial charge >= 0.3 is 12.0 Å². The van der Waals surface area contributed by atoms with E-state index >= 15 is 0 Å². The second-order valence-corrected chi connectivity index (χ2v) is 12.1. The van der Waals surface area contributed by atoms with Gasteiger partial charge in [0, 0.05) is 42.6 Å². The number of nitrogens with one attached hydrogen (secondary N) is 3. The Morgan fingerprint density at radius 3 is 2.53 bits per heavy atom. The first-order valence-electron chi connectivity index (χ1n) is 13.1. The highest BCUT2D eigenvalue weighted by atomic mass is 32.2. The van der Waals surface area contributed by atoms with Crippen molar-refractivity contribution in [3.05, 3.63) is 90.0 Å². The highest BCUT2D eigenvalue weighted by molar-refractivity contribution is 7.93. The monoisotopic (exact) mass is 607 g/mol. The number of hydrogen-bond acceptors (Lipinski definition) is 7. The summed E-state index contributed by atoms with van der Waals surface area (Å²) in [7, 11) is -1.56. The van der Waals surface area contributed by atoms with E-state index in [-0.39, 0.29) is 29.8 Å². The van der Waals surface area contributed by atoms with Gasteiger partial charge in [0.25, 0.3) is 5.91 Å². The van der Waals surface area contributed by atoms with Crippen LogP contribution in [0.3, 0.4) is 0 Å². The molecule has 0 spiro atoms. The number of aryl methyl sites for hydroxylation is 1. The lowest BCUT2D eigenvalue weighted by molar-refractivity contribution is -0.140. The molecule has 0 aliphatic heterocycles. The number of aromatic nitrogens is 2. The van der Waals surface area contributed by atoms with Gasteiger partial charge in [-0.15, -0.1) is 0 Å². The number of benzene rings is 2. The van der Waals surface area contributed by atoms with Crippen LogP contribution >= 0.6 is 0 Å². The maximum Gasteiger partial charge on any atom is 0.323 e. The van der Waals surface area contributed by atoms with Gasteiger partial charge < -0.3 is 25.1 Å². The molecule has 224 valence electrons. The lowest BCUT2D eigenvalue weighted by Crippen LogP contribution is -2.20. The molecular formula is C30H30FN5O6S. The molecule has 1 atom stereocenters. The van der Waals surface area contributed by atoms with Crippen LogP contribution in [0.1, 0.15) is 28.8 Å². The van der Waals surface area contributed by atoms with Crippen LogP contribution in [0.2, 0.25) is 0 Å². The molecule has 0 aliphatic rings. The molecule has 0 saturated heterocycles. The average molecular weight is 608 g/mol. The molecule has 0 fully saturated rings. The van der Waals surface area contributed by atoms with Gasteiger partial charge in [-0.25, -0.2) is 13.4 Å². The zero-order valence-electron chi connectivity index (χ0n) is 23.7. The van der Waals surface area contributed by atoms with Crippen molar-refractivity contribution in [1.82, 2.24) is 9.97 Å². The summed E-state index contributed by atoms with van der Waals surface area (Å²) in [5.74, 6) is -0.557. The predicted molar refractivity (Wildman–Crippen MR) is 161 cm³/mol. The van der Waals surface area contributed by atoms with Crippen LogP contribution in [0.15, 0.2) is 77.4 Å². The molecule has 0 bridgehead atoms. The summed E-state index contributed by atoms with van der Waals surface area (Å²) in [4.78, 5) is 43.5. The summed E-state index contributed by atoms with van der Waals surface area (Å²) >= 11 is 0. The number of urea groups is 1. The van der Waals surface area contributed by atoms with E-state index in [9.17, 15) is 23.0 Å². The van der Waals surface area contributed by atoms with E-state index in [1.807, 2.05) is 0 Å². The highest BCUT2D eigenvalue weighted by Crippen LogP contribution is 2.27. The SMILES string of the molecule is COC(=O)CCCS(C)(=O)=NC(=O)c1c[nH]c(-c2cc(Oc3ccc(NC(=O)Nc4cc(C)ccc4F)cc3)ccn2)c1. The molecule has 13 heteroatoms. The number of amides is 3. The van der Waals surface area contributed by atoms with E-state index in [0.29, 0.717) is 28.6 Å². The molecular weight excluding hydrogens is 577 g/mol. The first kappa shape index (κ1) is 30.9. The number of hydrogen-bond donors (Lipinski definition) is 3. The van der Waals surface area contributed by atoms with Crippen LogP contribution in [0.5, 0.6) is 11.5 Å². The Balaban J connectivity index is 1.36. The molecule has 1 unspecified atom stereocenters. The quantitative estimate of drug-likeness (QED) is 0.183. The third kappa shape index (κ3) is 8.97. The van der Waals surface area contributed by atoms with Crippen LogP contribution in [-0.4, -0.2) is 51.2 Å². The van der Waals surface area contributed by atoms with Crippen LogP contribution in [-0.2, 0) is 19.3 Å². The predicted octanol–water partition coefficient (Wildman–Crippen LogP) is 6.15. The highest BCUT2D eigenvalue weighted by Gasteiger charge is 2.14. The van der Waals surface area contributed by atoms with Crippen molar-refractivity contribution in [1.29, 1.82) is 0 Å². The van der Waals surface area contributed by atoms with Gasteiger partial charge in [-0.2, -0.15) is 4.36 Å². The number of esters is 1. The van der Waals surface area contributed by atoms with Crippen molar-refractivity contribution < 1.29 is 32.5 Å². The third-order valence-electron chi connectivity index (χ3n) is 6.06. The number of methoxy groups -OCH3 is 1. The van der Waals surface area contributed by atoms with Gasteiger partial charge in [0.15, 0.2) is 0 Å².